The summed E-state index contributed by atoms with van der Waals surface area (Å²) in [6, 6.07) is 44.7. The summed E-state index contributed by atoms with van der Waals surface area (Å²) in [6.07, 6.45) is 0. The van der Waals surface area contributed by atoms with E-state index in [0.717, 1.165) is 66.0 Å². The Labute approximate surface area is 223 Å². The van der Waals surface area contributed by atoms with Crippen molar-refractivity contribution in [2.24, 2.45) is 0 Å². The molecule has 0 radical (unpaired) electrons. The minimum atomic E-state index is 0.847. The molecule has 182 valence electrons. The normalized spacial score (nSPS) is 12.1. The predicted molar refractivity (Wildman–Crippen MR) is 161 cm³/mol. The highest BCUT2D eigenvalue weighted by molar-refractivity contribution is 6.28. The summed E-state index contributed by atoms with van der Waals surface area (Å²) in [4.78, 5) is 0. The summed E-state index contributed by atoms with van der Waals surface area (Å²) in [6.45, 7) is 0. The fourth-order valence-electron chi connectivity index (χ4n) is 6.26. The molecule has 0 N–H and O–H groups in total. The molecule has 3 aromatic heterocycles. The van der Waals surface area contributed by atoms with Crippen LogP contribution in [0.5, 0.6) is 0 Å². The zero-order valence-corrected chi connectivity index (χ0v) is 20.9. The molecule has 0 spiro atoms. The van der Waals surface area contributed by atoms with Gasteiger partial charge >= 0.3 is 0 Å². The number of furan rings is 2. The molecule has 0 aliphatic carbocycles. The maximum absolute atomic E-state index is 6.81. The third kappa shape index (κ3) is 2.82. The summed E-state index contributed by atoms with van der Waals surface area (Å²) in [5, 5.41) is 6.65. The first-order valence-corrected chi connectivity index (χ1v) is 13.2. The van der Waals surface area contributed by atoms with E-state index in [1.807, 2.05) is 18.2 Å². The molecule has 0 unspecified atom stereocenters. The minimum Gasteiger partial charge on any atom is -0.456 e. The van der Waals surface area contributed by atoms with Gasteiger partial charge in [0.2, 0.25) is 0 Å². The van der Waals surface area contributed by atoms with Crippen molar-refractivity contribution in [3.63, 3.8) is 0 Å². The Balaban J connectivity index is 1.36. The summed E-state index contributed by atoms with van der Waals surface area (Å²) in [5.74, 6) is 0. The monoisotopic (exact) mass is 499 g/mol. The number of hydrogen-bond donors (Lipinski definition) is 0. The topological polar surface area (TPSA) is 31.2 Å². The maximum Gasteiger partial charge on any atom is 0.147 e. The lowest BCUT2D eigenvalue weighted by Gasteiger charge is -2.09. The molecule has 0 fully saturated rings. The van der Waals surface area contributed by atoms with Gasteiger partial charge in [0, 0.05) is 27.2 Å². The Hall–Kier alpha value is -5.28. The van der Waals surface area contributed by atoms with Gasteiger partial charge in [-0.2, -0.15) is 0 Å². The van der Waals surface area contributed by atoms with E-state index in [1.165, 1.54) is 16.5 Å². The minimum absolute atomic E-state index is 0.847. The molecule has 9 rings (SSSR count). The highest BCUT2D eigenvalue weighted by atomic mass is 16.3. The summed E-state index contributed by atoms with van der Waals surface area (Å²) >= 11 is 0. The third-order valence-corrected chi connectivity index (χ3v) is 8.01. The molecule has 3 nitrogen and oxygen atoms in total. The van der Waals surface area contributed by atoms with Crippen LogP contribution in [-0.4, -0.2) is 4.57 Å². The lowest BCUT2D eigenvalue weighted by Crippen LogP contribution is -1.93. The molecule has 0 saturated heterocycles. The third-order valence-electron chi connectivity index (χ3n) is 8.01. The van der Waals surface area contributed by atoms with Gasteiger partial charge in [0.25, 0.3) is 0 Å². The van der Waals surface area contributed by atoms with Crippen LogP contribution in [0.2, 0.25) is 0 Å². The van der Waals surface area contributed by atoms with Crippen LogP contribution in [0, 0.1) is 0 Å². The second-order valence-electron chi connectivity index (χ2n) is 10.1. The molecule has 0 aliphatic heterocycles. The Morgan fingerprint density at radius 2 is 1.05 bits per heavy atom. The number of para-hydroxylation sites is 2. The zero-order chi connectivity index (χ0) is 25.5. The van der Waals surface area contributed by atoms with Gasteiger partial charge in [0.05, 0.1) is 21.8 Å². The molecule has 0 aliphatic rings. The first kappa shape index (κ1) is 20.7. The van der Waals surface area contributed by atoms with E-state index < -0.39 is 0 Å². The van der Waals surface area contributed by atoms with E-state index >= 15 is 0 Å². The first-order valence-electron chi connectivity index (χ1n) is 13.2. The quantitative estimate of drug-likeness (QED) is 0.237. The van der Waals surface area contributed by atoms with Crippen molar-refractivity contribution in [3.05, 3.63) is 127 Å². The average Bonchev–Trinajstić information content (AvgIpc) is 3.66. The Morgan fingerprint density at radius 3 is 1.90 bits per heavy atom. The van der Waals surface area contributed by atoms with Crippen LogP contribution in [0.4, 0.5) is 0 Å². The van der Waals surface area contributed by atoms with E-state index in [-0.39, 0.29) is 0 Å². The van der Waals surface area contributed by atoms with Crippen LogP contribution in [0.25, 0.3) is 82.5 Å². The van der Waals surface area contributed by atoms with Crippen LogP contribution in [0.15, 0.2) is 136 Å². The van der Waals surface area contributed by atoms with Gasteiger partial charge in [-0.1, -0.05) is 78.9 Å². The zero-order valence-electron chi connectivity index (χ0n) is 20.9. The number of benzene rings is 6. The molecule has 3 heterocycles. The predicted octanol–water partition coefficient (Wildman–Crippen LogP) is 10.2. The summed E-state index contributed by atoms with van der Waals surface area (Å²) in [5.41, 5.74) is 9.35. The molecular formula is C36H21NO2. The summed E-state index contributed by atoms with van der Waals surface area (Å²) < 4.78 is 15.3. The average molecular weight is 500 g/mol. The van der Waals surface area contributed by atoms with Gasteiger partial charge in [0.15, 0.2) is 0 Å². The van der Waals surface area contributed by atoms with Gasteiger partial charge in [-0.15, -0.1) is 0 Å². The van der Waals surface area contributed by atoms with E-state index in [9.17, 15) is 0 Å². The maximum atomic E-state index is 6.81. The molecule has 9 aromatic rings. The molecule has 0 amide bonds. The van der Waals surface area contributed by atoms with Crippen LogP contribution in [-0.2, 0) is 0 Å². The van der Waals surface area contributed by atoms with Gasteiger partial charge in [-0.3, -0.25) is 0 Å². The SMILES string of the molecule is c1ccc(-c2ccc(-n3c4ccccc4c4c5oc6c(ccc7oc8ccccc8c76)c5ccc43)cc2)cc1. The molecule has 39 heavy (non-hydrogen) atoms. The number of hydrogen-bond acceptors (Lipinski definition) is 2. The Morgan fingerprint density at radius 1 is 0.385 bits per heavy atom. The van der Waals surface area contributed by atoms with Gasteiger partial charge in [-0.05, 0) is 59.7 Å². The first-order chi connectivity index (χ1) is 19.3. The van der Waals surface area contributed by atoms with E-state index in [1.54, 1.807) is 0 Å². The van der Waals surface area contributed by atoms with Crippen LogP contribution < -0.4 is 0 Å². The number of nitrogens with zero attached hydrogens (tertiary/aromatic N) is 1. The number of rotatable bonds is 2. The number of fused-ring (bicyclic) bond motifs is 11. The highest BCUT2D eigenvalue weighted by Crippen LogP contribution is 2.44. The number of aromatic nitrogens is 1. The Bertz CT molecular complexity index is 2370. The molecule has 0 bridgehead atoms. The van der Waals surface area contributed by atoms with E-state index in [2.05, 4.69) is 114 Å². The van der Waals surface area contributed by atoms with Crippen LogP contribution in [0.3, 0.4) is 0 Å². The van der Waals surface area contributed by atoms with Crippen molar-refractivity contribution in [1.29, 1.82) is 0 Å². The lowest BCUT2D eigenvalue weighted by molar-refractivity contribution is 0.664. The fraction of sp³-hybridized carbons (Fsp3) is 0. The standard InChI is InChI=1S/C36H21NO2/c1-2-8-22(9-3-1)23-14-16-24(17-15-23)37-29-12-6-4-10-27(29)33-30(37)20-18-25-26-19-21-32-34(36(26)39-35(25)33)28-11-5-7-13-31(28)38-32/h1-21H. The van der Waals surface area contributed by atoms with Crippen molar-refractivity contribution in [1.82, 2.24) is 4.57 Å². The van der Waals surface area contributed by atoms with Crippen molar-refractivity contribution in [3.8, 4) is 16.8 Å². The van der Waals surface area contributed by atoms with Crippen molar-refractivity contribution in [2.45, 2.75) is 0 Å². The second-order valence-corrected chi connectivity index (χ2v) is 10.1. The highest BCUT2D eigenvalue weighted by Gasteiger charge is 2.21. The fourth-order valence-corrected chi connectivity index (χ4v) is 6.26. The largest absolute Gasteiger partial charge is 0.456 e. The molecule has 3 heteroatoms. The molecule has 6 aromatic carbocycles. The van der Waals surface area contributed by atoms with Crippen molar-refractivity contribution in [2.75, 3.05) is 0 Å². The van der Waals surface area contributed by atoms with Crippen LogP contribution in [0.1, 0.15) is 0 Å². The van der Waals surface area contributed by atoms with Gasteiger partial charge in [0.1, 0.15) is 22.3 Å². The van der Waals surface area contributed by atoms with Gasteiger partial charge < -0.3 is 13.4 Å². The van der Waals surface area contributed by atoms with E-state index in [4.69, 9.17) is 8.83 Å². The summed E-state index contributed by atoms with van der Waals surface area (Å²) in [7, 11) is 0. The van der Waals surface area contributed by atoms with Crippen molar-refractivity contribution < 1.29 is 8.83 Å². The molecular weight excluding hydrogens is 478 g/mol. The molecule has 0 saturated carbocycles. The van der Waals surface area contributed by atoms with Crippen molar-refractivity contribution >= 4 is 65.7 Å². The van der Waals surface area contributed by atoms with Crippen LogP contribution >= 0.6 is 0 Å². The Kier molecular flexibility index (Phi) is 4.05. The second kappa shape index (κ2) is 7.62. The smallest absolute Gasteiger partial charge is 0.147 e. The van der Waals surface area contributed by atoms with E-state index in [0.29, 0.717) is 0 Å². The molecule has 0 atom stereocenters. The lowest BCUT2D eigenvalue weighted by atomic mass is 10.1. The van der Waals surface area contributed by atoms with Gasteiger partial charge in [-0.25, -0.2) is 0 Å².